The molecule has 0 atom stereocenters. The molecule has 0 heterocycles. The fraction of sp³-hybridized carbons (Fsp3) is 0.280. The first-order chi connectivity index (χ1) is 14.6. The van der Waals surface area contributed by atoms with Crippen LogP contribution in [0.15, 0.2) is 72.8 Å². The standard InChI is InChI=1S/C25H28O6/c1-17(2)23(26)28-15-16-29-31-22-13-9-20(10-14-22)25(5,6)19-7-11-21(12-8-19)30-24(27)18(3)4/h7-14H,1,3,15-16H2,2,4-6H3. The third kappa shape index (κ3) is 6.83. The molecule has 0 amide bonds. The Morgan fingerprint density at radius 2 is 1.26 bits per heavy atom. The molecule has 0 aromatic heterocycles. The van der Waals surface area contributed by atoms with Crippen molar-refractivity contribution in [3.05, 3.63) is 84.0 Å². The number of rotatable bonds is 10. The van der Waals surface area contributed by atoms with E-state index in [1.165, 1.54) is 0 Å². The molecule has 0 fully saturated rings. The molecular formula is C25H28O6. The van der Waals surface area contributed by atoms with Crippen molar-refractivity contribution in [3.63, 3.8) is 0 Å². The van der Waals surface area contributed by atoms with E-state index in [4.69, 9.17) is 19.2 Å². The highest BCUT2D eigenvalue weighted by atomic mass is 17.2. The SMILES string of the molecule is C=C(C)C(=O)OCCOOc1ccc(C(C)(C)c2ccc(OC(=O)C(=C)C)cc2)cc1. The molecule has 31 heavy (non-hydrogen) atoms. The Kier molecular flexibility index (Phi) is 8.16. The lowest BCUT2D eigenvalue weighted by Gasteiger charge is -2.26. The second-order valence-corrected chi connectivity index (χ2v) is 7.67. The topological polar surface area (TPSA) is 71.1 Å². The molecule has 0 radical (unpaired) electrons. The molecule has 6 nitrogen and oxygen atoms in total. The Morgan fingerprint density at radius 1 is 0.774 bits per heavy atom. The second kappa shape index (κ2) is 10.6. The highest BCUT2D eigenvalue weighted by molar-refractivity contribution is 5.88. The van der Waals surface area contributed by atoms with Gasteiger partial charge in [0.1, 0.15) is 19.0 Å². The number of esters is 2. The minimum absolute atomic E-state index is 0.0779. The van der Waals surface area contributed by atoms with E-state index in [1.807, 2.05) is 24.3 Å². The quantitative estimate of drug-likeness (QED) is 0.135. The minimum Gasteiger partial charge on any atom is -0.460 e. The van der Waals surface area contributed by atoms with Gasteiger partial charge in [0.15, 0.2) is 5.75 Å². The summed E-state index contributed by atoms with van der Waals surface area (Å²) in [6.07, 6.45) is 0. The van der Waals surface area contributed by atoms with E-state index >= 15 is 0 Å². The average Bonchev–Trinajstić information content (AvgIpc) is 2.74. The minimum atomic E-state index is -0.461. The number of carbonyl (C=O) groups is 2. The molecule has 2 rings (SSSR count). The predicted octanol–water partition coefficient (Wildman–Crippen LogP) is 4.92. The van der Waals surface area contributed by atoms with Crippen LogP contribution < -0.4 is 9.62 Å². The maximum Gasteiger partial charge on any atom is 0.338 e. The number of hydrogen-bond donors (Lipinski definition) is 0. The van der Waals surface area contributed by atoms with Gasteiger partial charge in [-0.15, -0.1) is 0 Å². The third-order valence-electron chi connectivity index (χ3n) is 4.61. The smallest absolute Gasteiger partial charge is 0.338 e. The molecule has 164 valence electrons. The summed E-state index contributed by atoms with van der Waals surface area (Å²) in [6, 6.07) is 14.9. The second-order valence-electron chi connectivity index (χ2n) is 7.67. The molecule has 0 saturated heterocycles. The van der Waals surface area contributed by atoms with Crippen LogP contribution >= 0.6 is 0 Å². The van der Waals surface area contributed by atoms with E-state index in [2.05, 4.69) is 27.0 Å². The molecule has 2 aromatic rings. The van der Waals surface area contributed by atoms with Crippen LogP contribution in [0.1, 0.15) is 38.8 Å². The first-order valence-electron chi connectivity index (χ1n) is 9.82. The van der Waals surface area contributed by atoms with E-state index in [-0.39, 0.29) is 18.6 Å². The van der Waals surface area contributed by atoms with E-state index < -0.39 is 11.9 Å². The summed E-state index contributed by atoms with van der Waals surface area (Å²) in [5.41, 5.74) is 2.53. The van der Waals surface area contributed by atoms with Crippen LogP contribution in [-0.2, 0) is 24.6 Å². The number of hydrogen-bond acceptors (Lipinski definition) is 6. The Hall–Kier alpha value is -3.38. The molecule has 0 aliphatic rings. The first kappa shape index (κ1) is 23.9. The fourth-order valence-corrected chi connectivity index (χ4v) is 2.63. The van der Waals surface area contributed by atoms with Gasteiger partial charge in [0.25, 0.3) is 0 Å². The van der Waals surface area contributed by atoms with Crippen molar-refractivity contribution < 1.29 is 28.8 Å². The van der Waals surface area contributed by atoms with Crippen molar-refractivity contribution in [2.45, 2.75) is 33.1 Å². The zero-order valence-electron chi connectivity index (χ0n) is 18.4. The lowest BCUT2D eigenvalue weighted by molar-refractivity contribution is -0.214. The van der Waals surface area contributed by atoms with Crippen molar-refractivity contribution in [1.82, 2.24) is 0 Å². The van der Waals surface area contributed by atoms with Crippen LogP contribution in [0, 0.1) is 0 Å². The monoisotopic (exact) mass is 424 g/mol. The molecule has 2 aromatic carbocycles. The summed E-state index contributed by atoms with van der Waals surface area (Å²) in [5, 5.41) is 0. The highest BCUT2D eigenvalue weighted by Gasteiger charge is 2.23. The lowest BCUT2D eigenvalue weighted by Crippen LogP contribution is -2.19. The normalized spacial score (nSPS) is 10.8. The Labute approximate surface area is 183 Å². The van der Waals surface area contributed by atoms with Gasteiger partial charge < -0.3 is 14.4 Å². The van der Waals surface area contributed by atoms with Crippen LogP contribution in [-0.4, -0.2) is 25.2 Å². The van der Waals surface area contributed by atoms with Crippen molar-refractivity contribution >= 4 is 11.9 Å². The maximum atomic E-state index is 11.6. The lowest BCUT2D eigenvalue weighted by atomic mass is 9.78. The molecular weight excluding hydrogens is 396 g/mol. The van der Waals surface area contributed by atoms with Gasteiger partial charge in [-0.2, -0.15) is 4.89 Å². The highest BCUT2D eigenvalue weighted by Crippen LogP contribution is 2.33. The molecule has 0 N–H and O–H groups in total. The van der Waals surface area contributed by atoms with Gasteiger partial charge in [-0.05, 0) is 49.2 Å². The summed E-state index contributed by atoms with van der Waals surface area (Å²) in [7, 11) is 0. The number of carbonyl (C=O) groups excluding carboxylic acids is 2. The summed E-state index contributed by atoms with van der Waals surface area (Å²) in [4.78, 5) is 33.2. The van der Waals surface area contributed by atoms with E-state index in [0.717, 1.165) is 11.1 Å². The van der Waals surface area contributed by atoms with E-state index in [9.17, 15) is 9.59 Å². The fourth-order valence-electron chi connectivity index (χ4n) is 2.63. The summed E-state index contributed by atoms with van der Waals surface area (Å²) in [6.45, 7) is 14.7. The van der Waals surface area contributed by atoms with Gasteiger partial charge >= 0.3 is 11.9 Å². The zero-order chi connectivity index (χ0) is 23.0. The summed E-state index contributed by atoms with van der Waals surface area (Å²) >= 11 is 0. The van der Waals surface area contributed by atoms with Crippen molar-refractivity contribution in [3.8, 4) is 11.5 Å². The van der Waals surface area contributed by atoms with Gasteiger partial charge in [-0.3, -0.25) is 0 Å². The predicted molar refractivity (Wildman–Crippen MR) is 118 cm³/mol. The van der Waals surface area contributed by atoms with Crippen LogP contribution in [0.25, 0.3) is 0 Å². The van der Waals surface area contributed by atoms with Crippen molar-refractivity contribution in [2.24, 2.45) is 0 Å². The maximum absolute atomic E-state index is 11.6. The average molecular weight is 424 g/mol. The van der Waals surface area contributed by atoms with Crippen molar-refractivity contribution in [1.29, 1.82) is 0 Å². The van der Waals surface area contributed by atoms with Crippen molar-refractivity contribution in [2.75, 3.05) is 13.2 Å². The number of benzene rings is 2. The molecule has 6 heteroatoms. The summed E-state index contributed by atoms with van der Waals surface area (Å²) in [5.74, 6) is 0.103. The molecule has 0 saturated carbocycles. The molecule has 0 spiro atoms. The summed E-state index contributed by atoms with van der Waals surface area (Å²) < 4.78 is 10.2. The largest absolute Gasteiger partial charge is 0.460 e. The Bertz CT molecular complexity index is 939. The molecule has 0 aliphatic carbocycles. The number of ether oxygens (including phenoxy) is 2. The van der Waals surface area contributed by atoms with Gasteiger partial charge in [-0.1, -0.05) is 51.3 Å². The van der Waals surface area contributed by atoms with Crippen LogP contribution in [0.3, 0.4) is 0 Å². The van der Waals surface area contributed by atoms with Gasteiger partial charge in [0, 0.05) is 16.6 Å². The van der Waals surface area contributed by atoms with Crippen LogP contribution in [0.5, 0.6) is 11.5 Å². The first-order valence-corrected chi connectivity index (χ1v) is 9.82. The van der Waals surface area contributed by atoms with Gasteiger partial charge in [0.05, 0.1) is 0 Å². The van der Waals surface area contributed by atoms with E-state index in [0.29, 0.717) is 22.6 Å². The molecule has 0 unspecified atom stereocenters. The van der Waals surface area contributed by atoms with E-state index in [1.54, 1.807) is 38.1 Å². The third-order valence-corrected chi connectivity index (χ3v) is 4.61. The van der Waals surface area contributed by atoms with Gasteiger partial charge in [0.2, 0.25) is 0 Å². The zero-order valence-corrected chi connectivity index (χ0v) is 18.4. The molecule has 0 aliphatic heterocycles. The Balaban J connectivity index is 1.93. The van der Waals surface area contributed by atoms with Gasteiger partial charge in [-0.25, -0.2) is 9.59 Å². The molecule has 0 bridgehead atoms. The van der Waals surface area contributed by atoms with Crippen LogP contribution in [0.2, 0.25) is 0 Å². The van der Waals surface area contributed by atoms with Crippen LogP contribution in [0.4, 0.5) is 0 Å². The Morgan fingerprint density at radius 3 is 1.74 bits per heavy atom.